The van der Waals surface area contributed by atoms with E-state index in [2.05, 4.69) is 60.7 Å². The van der Waals surface area contributed by atoms with Gasteiger partial charge in [0.1, 0.15) is 4.90 Å². The molecule has 0 radical (unpaired) electrons. The monoisotopic (exact) mass is 371 g/mol. The number of benzene rings is 3. The molecule has 134 valence electrons. The Bertz CT molecular complexity index is 920. The SMILES string of the molecule is O=[N+]([O-])c1cccc(S(=O)(=O)O)c1.c1ccc(Cc2ccccc2)cc1. The second-order valence-corrected chi connectivity index (χ2v) is 6.80. The van der Waals surface area contributed by atoms with Crippen molar-refractivity contribution in [2.75, 3.05) is 0 Å². The van der Waals surface area contributed by atoms with Crippen LogP contribution in [0, 0.1) is 10.1 Å². The molecule has 0 amide bonds. The van der Waals surface area contributed by atoms with Crippen LogP contribution in [0.4, 0.5) is 5.69 Å². The number of hydrogen-bond acceptors (Lipinski definition) is 4. The van der Waals surface area contributed by atoms with Crippen LogP contribution in [0.2, 0.25) is 0 Å². The van der Waals surface area contributed by atoms with Crippen molar-refractivity contribution in [3.8, 4) is 0 Å². The first-order chi connectivity index (χ1) is 12.4. The fourth-order valence-electron chi connectivity index (χ4n) is 2.18. The summed E-state index contributed by atoms with van der Waals surface area (Å²) in [6.07, 6.45) is 1.03. The predicted molar refractivity (Wildman–Crippen MR) is 98.6 cm³/mol. The molecule has 1 N–H and O–H groups in total. The number of non-ortho nitro benzene ring substituents is 1. The molecule has 0 heterocycles. The van der Waals surface area contributed by atoms with E-state index in [9.17, 15) is 18.5 Å². The van der Waals surface area contributed by atoms with Crippen molar-refractivity contribution in [2.24, 2.45) is 0 Å². The smallest absolute Gasteiger partial charge is 0.282 e. The van der Waals surface area contributed by atoms with Gasteiger partial charge in [-0.05, 0) is 23.6 Å². The average Bonchev–Trinajstić information content (AvgIpc) is 2.63. The van der Waals surface area contributed by atoms with Gasteiger partial charge < -0.3 is 0 Å². The van der Waals surface area contributed by atoms with Gasteiger partial charge in [0.25, 0.3) is 15.8 Å². The third kappa shape index (κ3) is 6.12. The van der Waals surface area contributed by atoms with Crippen LogP contribution in [0.25, 0.3) is 0 Å². The summed E-state index contributed by atoms with van der Waals surface area (Å²) in [4.78, 5) is 8.98. The maximum atomic E-state index is 10.5. The Morgan fingerprint density at radius 2 is 1.31 bits per heavy atom. The van der Waals surface area contributed by atoms with Crippen LogP contribution in [0.15, 0.2) is 89.8 Å². The van der Waals surface area contributed by atoms with Crippen LogP contribution in [0.3, 0.4) is 0 Å². The van der Waals surface area contributed by atoms with Crippen molar-refractivity contribution in [2.45, 2.75) is 11.3 Å². The minimum Gasteiger partial charge on any atom is -0.282 e. The maximum absolute atomic E-state index is 10.5. The van der Waals surface area contributed by atoms with Gasteiger partial charge >= 0.3 is 0 Å². The summed E-state index contributed by atoms with van der Waals surface area (Å²) in [7, 11) is -4.36. The van der Waals surface area contributed by atoms with E-state index < -0.39 is 19.9 Å². The van der Waals surface area contributed by atoms with E-state index >= 15 is 0 Å². The van der Waals surface area contributed by atoms with E-state index in [1.807, 2.05) is 0 Å². The normalized spacial score (nSPS) is 10.5. The Hall–Kier alpha value is -3.03. The van der Waals surface area contributed by atoms with Gasteiger partial charge in [0.05, 0.1) is 4.92 Å². The number of rotatable bonds is 4. The average molecular weight is 371 g/mol. The predicted octanol–water partition coefficient (Wildman–Crippen LogP) is 4.12. The van der Waals surface area contributed by atoms with Gasteiger partial charge in [0.15, 0.2) is 0 Å². The third-order valence-electron chi connectivity index (χ3n) is 3.42. The summed E-state index contributed by atoms with van der Waals surface area (Å²) < 4.78 is 29.6. The van der Waals surface area contributed by atoms with Crippen LogP contribution in [0.5, 0.6) is 0 Å². The zero-order chi connectivity index (χ0) is 19.0. The summed E-state index contributed by atoms with van der Waals surface area (Å²) in [5.74, 6) is 0. The molecule has 0 spiro atoms. The van der Waals surface area contributed by atoms with E-state index in [4.69, 9.17) is 4.55 Å². The molecule has 0 aromatic heterocycles. The number of nitro benzene ring substituents is 1. The quantitative estimate of drug-likeness (QED) is 0.423. The highest BCUT2D eigenvalue weighted by atomic mass is 32.2. The molecule has 0 saturated carbocycles. The molecule has 3 aromatic rings. The molecule has 0 aliphatic rings. The highest BCUT2D eigenvalue weighted by Crippen LogP contribution is 2.16. The van der Waals surface area contributed by atoms with Gasteiger partial charge in [-0.15, -0.1) is 0 Å². The lowest BCUT2D eigenvalue weighted by Gasteiger charge is -2.00. The van der Waals surface area contributed by atoms with Gasteiger partial charge in [-0.3, -0.25) is 14.7 Å². The highest BCUT2D eigenvalue weighted by Gasteiger charge is 2.13. The van der Waals surface area contributed by atoms with Crippen LogP contribution in [0.1, 0.15) is 11.1 Å². The Kier molecular flexibility index (Phi) is 6.60. The van der Waals surface area contributed by atoms with Crippen molar-refractivity contribution in [1.82, 2.24) is 0 Å². The summed E-state index contributed by atoms with van der Waals surface area (Å²) in [6.45, 7) is 0. The molecule has 6 nitrogen and oxygen atoms in total. The van der Waals surface area contributed by atoms with Gasteiger partial charge in [0.2, 0.25) is 0 Å². The topological polar surface area (TPSA) is 97.5 Å². The lowest BCUT2D eigenvalue weighted by Crippen LogP contribution is -1.98. The minimum absolute atomic E-state index is 0.380. The lowest BCUT2D eigenvalue weighted by molar-refractivity contribution is -0.385. The van der Waals surface area contributed by atoms with Crippen LogP contribution in [-0.4, -0.2) is 17.9 Å². The van der Waals surface area contributed by atoms with Crippen molar-refractivity contribution in [3.63, 3.8) is 0 Å². The Morgan fingerprint density at radius 1 is 0.808 bits per heavy atom. The second kappa shape index (κ2) is 8.89. The van der Waals surface area contributed by atoms with Crippen LogP contribution < -0.4 is 0 Å². The van der Waals surface area contributed by atoms with E-state index in [-0.39, 0.29) is 5.69 Å². The molecular weight excluding hydrogens is 354 g/mol. The molecule has 0 fully saturated rings. The van der Waals surface area contributed by atoms with Crippen molar-refractivity contribution in [1.29, 1.82) is 0 Å². The zero-order valence-corrected chi connectivity index (χ0v) is 14.5. The minimum atomic E-state index is -4.36. The van der Waals surface area contributed by atoms with E-state index in [0.29, 0.717) is 0 Å². The summed E-state index contributed by atoms with van der Waals surface area (Å²) in [6, 6.07) is 25.2. The molecule has 0 aliphatic carbocycles. The summed E-state index contributed by atoms with van der Waals surface area (Å²) in [5.41, 5.74) is 2.36. The first kappa shape index (κ1) is 19.3. The molecule has 0 saturated heterocycles. The molecular formula is C19H17NO5S. The van der Waals surface area contributed by atoms with E-state index in [1.165, 1.54) is 17.2 Å². The molecule has 0 atom stereocenters. The molecule has 26 heavy (non-hydrogen) atoms. The largest absolute Gasteiger partial charge is 0.294 e. The summed E-state index contributed by atoms with van der Waals surface area (Å²) >= 11 is 0. The van der Waals surface area contributed by atoms with Crippen molar-refractivity contribution in [3.05, 3.63) is 106 Å². The van der Waals surface area contributed by atoms with E-state index in [0.717, 1.165) is 24.6 Å². The first-order valence-electron chi connectivity index (χ1n) is 7.66. The lowest BCUT2D eigenvalue weighted by atomic mass is 10.1. The molecule has 3 aromatic carbocycles. The maximum Gasteiger partial charge on any atom is 0.294 e. The van der Waals surface area contributed by atoms with Crippen LogP contribution >= 0.6 is 0 Å². The Morgan fingerprint density at radius 3 is 1.73 bits per heavy atom. The third-order valence-corrected chi connectivity index (χ3v) is 4.27. The fourth-order valence-corrected chi connectivity index (χ4v) is 2.71. The van der Waals surface area contributed by atoms with Crippen molar-refractivity contribution < 1.29 is 17.9 Å². The number of hydrogen-bond donors (Lipinski definition) is 1. The fraction of sp³-hybridized carbons (Fsp3) is 0.0526. The molecule has 0 bridgehead atoms. The van der Waals surface area contributed by atoms with Gasteiger partial charge in [0, 0.05) is 12.1 Å². The number of nitrogens with zero attached hydrogens (tertiary/aromatic N) is 1. The van der Waals surface area contributed by atoms with Gasteiger partial charge in [-0.1, -0.05) is 66.7 Å². The van der Waals surface area contributed by atoms with Crippen LogP contribution in [-0.2, 0) is 16.5 Å². The summed E-state index contributed by atoms with van der Waals surface area (Å²) in [5, 5.41) is 10.2. The zero-order valence-electron chi connectivity index (χ0n) is 13.7. The van der Waals surface area contributed by atoms with E-state index in [1.54, 1.807) is 0 Å². The Labute approximate surface area is 151 Å². The molecule has 7 heteroatoms. The molecule has 0 aliphatic heterocycles. The molecule has 0 unspecified atom stereocenters. The molecule has 3 rings (SSSR count). The van der Waals surface area contributed by atoms with Crippen molar-refractivity contribution >= 4 is 15.8 Å². The van der Waals surface area contributed by atoms with Gasteiger partial charge in [-0.25, -0.2) is 0 Å². The highest BCUT2D eigenvalue weighted by molar-refractivity contribution is 7.85. The first-order valence-corrected chi connectivity index (χ1v) is 9.10. The second-order valence-electron chi connectivity index (χ2n) is 5.38. The standard InChI is InChI=1S/C13H12.C6H5NO5S/c1-3-7-12(8-4-1)11-13-9-5-2-6-10-13;8-7(9)5-2-1-3-6(4-5)13(10,11)12/h1-10H,11H2;1-4H,(H,10,11,12). The van der Waals surface area contributed by atoms with Gasteiger partial charge in [-0.2, -0.15) is 8.42 Å². The Balaban J connectivity index is 0.000000187. The number of nitro groups is 1.